The predicted molar refractivity (Wildman–Crippen MR) is 98.5 cm³/mol. The van der Waals surface area contributed by atoms with Crippen LogP contribution in [0.3, 0.4) is 0 Å². The van der Waals surface area contributed by atoms with E-state index < -0.39 is 15.9 Å². The number of aromatic nitrogens is 4. The first-order valence-corrected chi connectivity index (χ1v) is 9.63. The molecule has 26 heavy (non-hydrogen) atoms. The number of H-pyrrole nitrogens is 1. The SMILES string of the molecule is O=C(Nc1ccc(S(=O)(=O)Nc2ccc(Cl)nn2)cc1)c1[nH]ncc1Br. The maximum atomic E-state index is 12.3. The van der Waals surface area contributed by atoms with Crippen LogP contribution in [0.2, 0.25) is 5.15 Å². The van der Waals surface area contributed by atoms with Crippen LogP contribution in [0.5, 0.6) is 0 Å². The molecule has 0 atom stereocenters. The Bertz CT molecular complexity index is 1040. The summed E-state index contributed by atoms with van der Waals surface area (Å²) >= 11 is 8.80. The van der Waals surface area contributed by atoms with Gasteiger partial charge in [-0.1, -0.05) is 11.6 Å². The largest absolute Gasteiger partial charge is 0.321 e. The normalized spacial score (nSPS) is 11.2. The van der Waals surface area contributed by atoms with Gasteiger partial charge in [-0.15, -0.1) is 10.2 Å². The molecule has 0 saturated carbocycles. The molecule has 0 unspecified atom stereocenters. The van der Waals surface area contributed by atoms with Crippen molar-refractivity contribution in [1.29, 1.82) is 0 Å². The average molecular weight is 458 g/mol. The van der Waals surface area contributed by atoms with Gasteiger partial charge in [-0.2, -0.15) is 5.10 Å². The number of nitrogens with zero attached hydrogens (tertiary/aromatic N) is 3. The van der Waals surface area contributed by atoms with Gasteiger partial charge in [-0.25, -0.2) is 8.42 Å². The lowest BCUT2D eigenvalue weighted by molar-refractivity contribution is 0.102. The summed E-state index contributed by atoms with van der Waals surface area (Å²) in [4.78, 5) is 12.1. The van der Waals surface area contributed by atoms with E-state index in [9.17, 15) is 13.2 Å². The smallest absolute Gasteiger partial charge is 0.274 e. The van der Waals surface area contributed by atoms with Crippen LogP contribution < -0.4 is 10.0 Å². The van der Waals surface area contributed by atoms with Crippen LogP contribution in [0.25, 0.3) is 0 Å². The Hall–Kier alpha value is -2.50. The average Bonchev–Trinajstić information content (AvgIpc) is 3.03. The molecule has 0 bridgehead atoms. The first-order chi connectivity index (χ1) is 12.3. The molecule has 0 aliphatic heterocycles. The van der Waals surface area contributed by atoms with Crippen molar-refractivity contribution in [3.8, 4) is 0 Å². The minimum Gasteiger partial charge on any atom is -0.321 e. The Morgan fingerprint density at radius 3 is 2.42 bits per heavy atom. The Morgan fingerprint density at radius 1 is 1.12 bits per heavy atom. The Morgan fingerprint density at radius 2 is 1.85 bits per heavy atom. The maximum Gasteiger partial charge on any atom is 0.274 e. The quantitative estimate of drug-likeness (QED) is 0.540. The zero-order valence-corrected chi connectivity index (χ0v) is 15.9. The van der Waals surface area contributed by atoms with Crippen molar-refractivity contribution in [3.63, 3.8) is 0 Å². The number of halogens is 2. The number of anilines is 2. The third kappa shape index (κ3) is 4.18. The van der Waals surface area contributed by atoms with Gasteiger partial charge in [0.05, 0.1) is 15.6 Å². The van der Waals surface area contributed by atoms with E-state index in [0.717, 1.165) is 0 Å². The van der Waals surface area contributed by atoms with Crippen LogP contribution >= 0.6 is 27.5 Å². The third-order valence-electron chi connectivity index (χ3n) is 3.11. The fraction of sp³-hybridized carbons (Fsp3) is 0. The number of hydrogen-bond acceptors (Lipinski definition) is 6. The minimum atomic E-state index is -3.85. The first kappa shape index (κ1) is 18.3. The summed E-state index contributed by atoms with van der Waals surface area (Å²) in [6, 6.07) is 8.43. The summed E-state index contributed by atoms with van der Waals surface area (Å²) in [7, 11) is -3.85. The number of benzene rings is 1. The zero-order chi connectivity index (χ0) is 18.7. The van der Waals surface area contributed by atoms with Crippen LogP contribution in [0, 0.1) is 0 Å². The Balaban J connectivity index is 1.73. The lowest BCUT2D eigenvalue weighted by Gasteiger charge is -2.08. The molecule has 0 spiro atoms. The molecule has 0 aliphatic rings. The number of hydrogen-bond donors (Lipinski definition) is 3. The summed E-state index contributed by atoms with van der Waals surface area (Å²) in [5.41, 5.74) is 0.673. The maximum absolute atomic E-state index is 12.3. The number of aromatic amines is 1. The lowest BCUT2D eigenvalue weighted by Crippen LogP contribution is -2.15. The van der Waals surface area contributed by atoms with E-state index in [1.807, 2.05) is 0 Å². The van der Waals surface area contributed by atoms with Crippen molar-refractivity contribution in [2.75, 3.05) is 10.0 Å². The van der Waals surface area contributed by atoms with Crippen molar-refractivity contribution >= 4 is 55.0 Å². The van der Waals surface area contributed by atoms with Crippen LogP contribution in [0.4, 0.5) is 11.5 Å². The number of nitrogens with one attached hydrogen (secondary N) is 3. The first-order valence-electron chi connectivity index (χ1n) is 6.97. The number of carbonyl (C=O) groups excluding carboxylic acids is 1. The van der Waals surface area contributed by atoms with E-state index in [0.29, 0.717) is 10.2 Å². The van der Waals surface area contributed by atoms with E-state index in [4.69, 9.17) is 11.6 Å². The van der Waals surface area contributed by atoms with Gasteiger partial charge < -0.3 is 5.32 Å². The molecule has 1 amide bonds. The highest BCUT2D eigenvalue weighted by atomic mass is 79.9. The standard InChI is InChI=1S/C14H10BrClN6O3S/c15-10-7-17-21-13(10)14(23)18-8-1-3-9(4-2-8)26(24,25)22-12-6-5-11(16)19-20-12/h1-7H,(H,17,21)(H,18,23)(H,20,22). The fourth-order valence-corrected chi connectivity index (χ4v) is 3.38. The number of rotatable bonds is 5. The van der Waals surface area contributed by atoms with Gasteiger partial charge in [-0.3, -0.25) is 14.6 Å². The van der Waals surface area contributed by atoms with Gasteiger partial charge in [0.15, 0.2) is 11.0 Å². The number of carbonyl (C=O) groups is 1. The van der Waals surface area contributed by atoms with Crippen molar-refractivity contribution in [3.05, 3.63) is 57.9 Å². The molecule has 3 rings (SSSR count). The lowest BCUT2D eigenvalue weighted by atomic mass is 10.3. The van der Waals surface area contributed by atoms with Gasteiger partial charge in [0.2, 0.25) is 0 Å². The number of sulfonamides is 1. The second-order valence-corrected chi connectivity index (χ2v) is 7.84. The van der Waals surface area contributed by atoms with Gasteiger partial charge in [0, 0.05) is 5.69 Å². The van der Waals surface area contributed by atoms with Gasteiger partial charge in [-0.05, 0) is 52.3 Å². The molecule has 0 saturated heterocycles. The summed E-state index contributed by atoms with van der Waals surface area (Å²) in [6.07, 6.45) is 1.45. The molecule has 0 fully saturated rings. The molecule has 2 aromatic heterocycles. The molecule has 12 heteroatoms. The Labute approximate surface area is 161 Å². The molecule has 134 valence electrons. The highest BCUT2D eigenvalue weighted by Gasteiger charge is 2.16. The summed E-state index contributed by atoms with van der Waals surface area (Å²) in [6.45, 7) is 0. The minimum absolute atomic E-state index is 0.00466. The predicted octanol–water partition coefficient (Wildman–Crippen LogP) is 2.67. The summed E-state index contributed by atoms with van der Waals surface area (Å²) in [5.74, 6) is -0.379. The molecular formula is C14H10BrClN6O3S. The Kier molecular flexibility index (Phi) is 5.20. The molecule has 0 radical (unpaired) electrons. The van der Waals surface area contributed by atoms with Crippen molar-refractivity contribution in [2.45, 2.75) is 4.90 Å². The molecule has 1 aromatic carbocycles. The van der Waals surface area contributed by atoms with E-state index in [1.54, 1.807) is 0 Å². The van der Waals surface area contributed by atoms with Crippen LogP contribution in [-0.4, -0.2) is 34.7 Å². The molecule has 3 N–H and O–H groups in total. The van der Waals surface area contributed by atoms with Gasteiger partial charge in [0.25, 0.3) is 15.9 Å². The van der Waals surface area contributed by atoms with Gasteiger partial charge in [0.1, 0.15) is 5.69 Å². The molecule has 0 aliphatic carbocycles. The van der Waals surface area contributed by atoms with Crippen molar-refractivity contribution < 1.29 is 13.2 Å². The van der Waals surface area contributed by atoms with Crippen LogP contribution in [-0.2, 0) is 10.0 Å². The molecule has 2 heterocycles. The second kappa shape index (κ2) is 7.40. The fourth-order valence-electron chi connectivity index (χ4n) is 1.91. The summed E-state index contributed by atoms with van der Waals surface area (Å²) in [5, 5.41) is 16.3. The zero-order valence-electron chi connectivity index (χ0n) is 12.8. The molecule has 9 nitrogen and oxygen atoms in total. The van der Waals surface area contributed by atoms with Crippen molar-refractivity contribution in [2.24, 2.45) is 0 Å². The third-order valence-corrected chi connectivity index (χ3v) is 5.29. The number of amides is 1. The molecular weight excluding hydrogens is 448 g/mol. The molecule has 3 aromatic rings. The van der Waals surface area contributed by atoms with E-state index in [-0.39, 0.29) is 21.6 Å². The topological polar surface area (TPSA) is 130 Å². The van der Waals surface area contributed by atoms with E-state index in [1.165, 1.54) is 42.6 Å². The van der Waals surface area contributed by atoms with E-state index >= 15 is 0 Å². The van der Waals surface area contributed by atoms with Crippen LogP contribution in [0.15, 0.2) is 52.0 Å². The van der Waals surface area contributed by atoms with Crippen molar-refractivity contribution in [1.82, 2.24) is 20.4 Å². The van der Waals surface area contributed by atoms with Gasteiger partial charge >= 0.3 is 0 Å². The highest BCUT2D eigenvalue weighted by Crippen LogP contribution is 2.19. The van der Waals surface area contributed by atoms with E-state index in [2.05, 4.69) is 46.4 Å². The van der Waals surface area contributed by atoms with Crippen LogP contribution in [0.1, 0.15) is 10.5 Å². The second-order valence-electron chi connectivity index (χ2n) is 4.92. The highest BCUT2D eigenvalue weighted by molar-refractivity contribution is 9.10. The monoisotopic (exact) mass is 456 g/mol. The summed E-state index contributed by atoms with van der Waals surface area (Å²) < 4.78 is 27.5.